The van der Waals surface area contributed by atoms with Gasteiger partial charge in [-0.1, -0.05) is 0 Å². The van der Waals surface area contributed by atoms with Crippen LogP contribution in [0.4, 0.5) is 5.00 Å². The molecule has 0 aliphatic rings. The van der Waals surface area contributed by atoms with Gasteiger partial charge in [-0.15, -0.1) is 0 Å². The van der Waals surface area contributed by atoms with Crippen molar-refractivity contribution in [2.45, 2.75) is 0 Å². The van der Waals surface area contributed by atoms with Gasteiger partial charge in [0.1, 0.15) is 5.00 Å². The molecule has 0 spiro atoms. The van der Waals surface area contributed by atoms with E-state index in [4.69, 9.17) is 10.5 Å². The third-order valence-electron chi connectivity index (χ3n) is 0.716. The van der Waals surface area contributed by atoms with Gasteiger partial charge >= 0.3 is 0 Å². The van der Waals surface area contributed by atoms with Crippen LogP contribution < -0.4 is 10.5 Å². The largest absolute Gasteiger partial charge is 0.480 e. The molecule has 1 aromatic heterocycles. The second-order valence-corrected chi connectivity index (χ2v) is 2.11. The highest BCUT2D eigenvalue weighted by Gasteiger charge is 1.93. The molecule has 4 heteroatoms. The lowest BCUT2D eigenvalue weighted by atomic mass is 10.7. The van der Waals surface area contributed by atoms with E-state index in [9.17, 15) is 0 Å². The zero-order valence-electron chi connectivity index (χ0n) is 4.42. The second kappa shape index (κ2) is 2.00. The van der Waals surface area contributed by atoms with E-state index in [1.807, 2.05) is 0 Å². The van der Waals surface area contributed by atoms with Crippen molar-refractivity contribution in [1.82, 2.24) is 4.37 Å². The van der Waals surface area contributed by atoms with E-state index in [2.05, 4.69) is 4.37 Å². The maximum atomic E-state index is 5.33. The standard InChI is InChI=1S/C4H6N2OS/c1-7-4-2-3(5)8-6-4/h2H,5H2,1H3. The summed E-state index contributed by atoms with van der Waals surface area (Å²) < 4.78 is 8.58. The average molecular weight is 130 g/mol. The number of nitrogens with zero attached hydrogens (tertiary/aromatic N) is 1. The van der Waals surface area contributed by atoms with Crippen LogP contribution in [0.2, 0.25) is 0 Å². The molecule has 0 radical (unpaired) electrons. The van der Waals surface area contributed by atoms with Crippen LogP contribution in [0.25, 0.3) is 0 Å². The molecule has 44 valence electrons. The van der Waals surface area contributed by atoms with Gasteiger partial charge in [0.2, 0.25) is 5.88 Å². The molecule has 0 amide bonds. The zero-order chi connectivity index (χ0) is 5.98. The number of ether oxygens (including phenoxy) is 1. The van der Waals surface area contributed by atoms with Gasteiger partial charge < -0.3 is 10.5 Å². The summed E-state index contributed by atoms with van der Waals surface area (Å²) in [5.41, 5.74) is 5.33. The van der Waals surface area contributed by atoms with E-state index in [1.165, 1.54) is 11.5 Å². The fourth-order valence-corrected chi connectivity index (χ4v) is 0.844. The molecule has 1 rings (SSSR count). The highest BCUT2D eigenvalue weighted by atomic mass is 32.1. The molecule has 0 aliphatic heterocycles. The van der Waals surface area contributed by atoms with Gasteiger partial charge in [-0.25, -0.2) is 0 Å². The molecule has 0 atom stereocenters. The van der Waals surface area contributed by atoms with Crippen LogP contribution in [0.1, 0.15) is 0 Å². The zero-order valence-corrected chi connectivity index (χ0v) is 5.23. The molecular formula is C4H6N2OS. The fraction of sp³-hybridized carbons (Fsp3) is 0.250. The number of hydrogen-bond acceptors (Lipinski definition) is 4. The van der Waals surface area contributed by atoms with Crippen LogP contribution >= 0.6 is 11.5 Å². The Morgan fingerprint density at radius 3 is 2.88 bits per heavy atom. The summed E-state index contributed by atoms with van der Waals surface area (Å²) in [6.07, 6.45) is 0. The maximum Gasteiger partial charge on any atom is 0.227 e. The quantitative estimate of drug-likeness (QED) is 0.609. The van der Waals surface area contributed by atoms with Crippen molar-refractivity contribution in [2.24, 2.45) is 0 Å². The Bertz CT molecular complexity index is 174. The minimum atomic E-state index is 0.590. The molecule has 2 N–H and O–H groups in total. The normalized spacial score (nSPS) is 9.12. The molecule has 0 saturated carbocycles. The number of anilines is 1. The van der Waals surface area contributed by atoms with E-state index < -0.39 is 0 Å². The maximum absolute atomic E-state index is 5.33. The molecule has 1 heterocycles. The minimum absolute atomic E-state index is 0.590. The average Bonchev–Trinajstić information content (AvgIpc) is 2.14. The summed E-state index contributed by atoms with van der Waals surface area (Å²) >= 11 is 1.23. The predicted octanol–water partition coefficient (Wildman–Crippen LogP) is 0.734. The molecule has 0 aliphatic carbocycles. The Morgan fingerprint density at radius 2 is 2.62 bits per heavy atom. The first-order valence-corrected chi connectivity index (χ1v) is 2.86. The second-order valence-electron chi connectivity index (χ2n) is 1.27. The Hall–Kier alpha value is -0.770. The van der Waals surface area contributed by atoms with Crippen LogP contribution in [0.3, 0.4) is 0 Å². The van der Waals surface area contributed by atoms with Crippen molar-refractivity contribution in [3.8, 4) is 5.88 Å². The van der Waals surface area contributed by atoms with Crippen LogP contribution in [-0.2, 0) is 0 Å². The molecule has 0 unspecified atom stereocenters. The molecular weight excluding hydrogens is 124 g/mol. The predicted molar refractivity (Wildman–Crippen MR) is 33.1 cm³/mol. The number of methoxy groups -OCH3 is 1. The Labute approximate surface area is 51.3 Å². The number of hydrogen-bond donors (Lipinski definition) is 1. The summed E-state index contributed by atoms with van der Waals surface area (Å²) in [5.74, 6) is 0.590. The Balaban J connectivity index is 2.84. The molecule has 0 fully saturated rings. The van der Waals surface area contributed by atoms with Gasteiger partial charge in [-0.3, -0.25) is 0 Å². The van der Waals surface area contributed by atoms with Crippen LogP contribution in [0.5, 0.6) is 5.88 Å². The van der Waals surface area contributed by atoms with Gasteiger partial charge in [-0.05, 0) is 11.5 Å². The van der Waals surface area contributed by atoms with E-state index >= 15 is 0 Å². The number of rotatable bonds is 1. The highest BCUT2D eigenvalue weighted by Crippen LogP contribution is 2.16. The number of nitrogen functional groups attached to an aromatic ring is 1. The summed E-state index contributed by atoms with van der Waals surface area (Å²) in [7, 11) is 1.56. The van der Waals surface area contributed by atoms with Gasteiger partial charge in [0.15, 0.2) is 0 Å². The summed E-state index contributed by atoms with van der Waals surface area (Å²) in [6, 6.07) is 1.69. The van der Waals surface area contributed by atoms with Crippen molar-refractivity contribution in [3.63, 3.8) is 0 Å². The first-order chi connectivity index (χ1) is 3.83. The lowest BCUT2D eigenvalue weighted by Crippen LogP contribution is -1.79. The van der Waals surface area contributed by atoms with Gasteiger partial charge in [0.05, 0.1) is 7.11 Å². The SMILES string of the molecule is COc1cc(N)sn1. The number of aromatic nitrogens is 1. The molecule has 8 heavy (non-hydrogen) atoms. The molecule has 0 bridgehead atoms. The van der Waals surface area contributed by atoms with Crippen LogP contribution in [0, 0.1) is 0 Å². The molecule has 1 aromatic rings. The Morgan fingerprint density at radius 1 is 1.88 bits per heavy atom. The summed E-state index contributed by atoms with van der Waals surface area (Å²) in [4.78, 5) is 0. The van der Waals surface area contributed by atoms with E-state index in [-0.39, 0.29) is 0 Å². The van der Waals surface area contributed by atoms with E-state index in [1.54, 1.807) is 13.2 Å². The first kappa shape index (κ1) is 5.37. The highest BCUT2D eigenvalue weighted by molar-refractivity contribution is 7.10. The monoisotopic (exact) mass is 130 g/mol. The van der Waals surface area contributed by atoms with Crippen molar-refractivity contribution < 1.29 is 4.74 Å². The molecule has 0 aromatic carbocycles. The molecule has 3 nitrogen and oxygen atoms in total. The molecule has 0 saturated heterocycles. The van der Waals surface area contributed by atoms with Gasteiger partial charge in [0.25, 0.3) is 0 Å². The van der Waals surface area contributed by atoms with Crippen LogP contribution in [-0.4, -0.2) is 11.5 Å². The third-order valence-corrected chi connectivity index (χ3v) is 1.32. The fourth-order valence-electron chi connectivity index (χ4n) is 0.368. The van der Waals surface area contributed by atoms with Gasteiger partial charge in [-0.2, -0.15) is 4.37 Å². The van der Waals surface area contributed by atoms with Crippen LogP contribution in [0.15, 0.2) is 6.07 Å². The van der Waals surface area contributed by atoms with E-state index in [0.717, 1.165) is 0 Å². The summed E-state index contributed by atoms with van der Waals surface area (Å²) in [6.45, 7) is 0. The minimum Gasteiger partial charge on any atom is -0.480 e. The topological polar surface area (TPSA) is 48.1 Å². The summed E-state index contributed by atoms with van der Waals surface area (Å²) in [5, 5.41) is 0.682. The third kappa shape index (κ3) is 0.894. The van der Waals surface area contributed by atoms with Crippen molar-refractivity contribution >= 4 is 16.5 Å². The smallest absolute Gasteiger partial charge is 0.227 e. The van der Waals surface area contributed by atoms with Crippen molar-refractivity contribution in [2.75, 3.05) is 12.8 Å². The van der Waals surface area contributed by atoms with Crippen molar-refractivity contribution in [1.29, 1.82) is 0 Å². The van der Waals surface area contributed by atoms with Gasteiger partial charge in [0, 0.05) is 6.07 Å². The number of nitrogens with two attached hydrogens (primary N) is 1. The van der Waals surface area contributed by atoms with Crippen molar-refractivity contribution in [3.05, 3.63) is 6.07 Å². The Kier molecular flexibility index (Phi) is 1.34. The lowest BCUT2D eigenvalue weighted by molar-refractivity contribution is 0.403. The van der Waals surface area contributed by atoms with E-state index in [0.29, 0.717) is 10.9 Å². The lowest BCUT2D eigenvalue weighted by Gasteiger charge is -1.85. The first-order valence-electron chi connectivity index (χ1n) is 2.09.